The first-order chi connectivity index (χ1) is 8.99. The minimum atomic E-state index is 0.101. The Bertz CT molecular complexity index is 346. The van der Waals surface area contributed by atoms with Gasteiger partial charge in [0.25, 0.3) is 0 Å². The SMILES string of the molecule is COCC(NC(CCO)C(C)(C)C)c1ccccc1. The van der Waals surface area contributed by atoms with Crippen molar-refractivity contribution in [3.05, 3.63) is 35.9 Å². The molecule has 0 saturated carbocycles. The molecule has 2 N–H and O–H groups in total. The highest BCUT2D eigenvalue weighted by Crippen LogP contribution is 2.25. The minimum absolute atomic E-state index is 0.101. The lowest BCUT2D eigenvalue weighted by Gasteiger charge is -2.35. The molecular formula is C16H27NO2. The van der Waals surface area contributed by atoms with Crippen LogP contribution in [0.1, 0.15) is 38.8 Å². The Kier molecular flexibility index (Phi) is 6.49. The summed E-state index contributed by atoms with van der Waals surface area (Å²) in [6.45, 7) is 7.39. The minimum Gasteiger partial charge on any atom is -0.396 e. The van der Waals surface area contributed by atoms with Gasteiger partial charge in [-0.3, -0.25) is 0 Å². The Morgan fingerprint density at radius 1 is 1.21 bits per heavy atom. The van der Waals surface area contributed by atoms with E-state index in [1.54, 1.807) is 7.11 Å². The van der Waals surface area contributed by atoms with Gasteiger partial charge in [-0.05, 0) is 17.4 Å². The van der Waals surface area contributed by atoms with Gasteiger partial charge in [0.2, 0.25) is 0 Å². The molecule has 1 aromatic carbocycles. The van der Waals surface area contributed by atoms with E-state index in [-0.39, 0.29) is 24.1 Å². The molecule has 0 aliphatic carbocycles. The highest BCUT2D eigenvalue weighted by molar-refractivity contribution is 5.19. The van der Waals surface area contributed by atoms with E-state index in [0.29, 0.717) is 6.61 Å². The maximum atomic E-state index is 9.24. The van der Waals surface area contributed by atoms with E-state index in [1.807, 2.05) is 18.2 Å². The summed E-state index contributed by atoms with van der Waals surface area (Å²) in [5.74, 6) is 0. The van der Waals surface area contributed by atoms with Gasteiger partial charge in [-0.2, -0.15) is 0 Å². The summed E-state index contributed by atoms with van der Waals surface area (Å²) in [5, 5.41) is 12.9. The zero-order valence-corrected chi connectivity index (χ0v) is 12.5. The van der Waals surface area contributed by atoms with Gasteiger partial charge in [0.15, 0.2) is 0 Å². The Balaban J connectivity index is 2.82. The molecule has 3 heteroatoms. The van der Waals surface area contributed by atoms with Crippen LogP contribution in [0, 0.1) is 5.41 Å². The molecule has 2 unspecified atom stereocenters. The molecule has 19 heavy (non-hydrogen) atoms. The van der Waals surface area contributed by atoms with Crippen LogP contribution in [-0.4, -0.2) is 31.5 Å². The number of hydrogen-bond donors (Lipinski definition) is 2. The van der Waals surface area contributed by atoms with Crippen molar-refractivity contribution in [3.63, 3.8) is 0 Å². The normalized spacial score (nSPS) is 15.2. The fraction of sp³-hybridized carbons (Fsp3) is 0.625. The Morgan fingerprint density at radius 2 is 1.84 bits per heavy atom. The molecule has 0 amide bonds. The lowest BCUT2D eigenvalue weighted by Crippen LogP contribution is -2.44. The molecular weight excluding hydrogens is 238 g/mol. The van der Waals surface area contributed by atoms with Gasteiger partial charge in [0.1, 0.15) is 0 Å². The molecule has 0 aliphatic rings. The summed E-state index contributed by atoms with van der Waals surface area (Å²) >= 11 is 0. The topological polar surface area (TPSA) is 41.5 Å². The quantitative estimate of drug-likeness (QED) is 0.796. The van der Waals surface area contributed by atoms with Gasteiger partial charge in [-0.15, -0.1) is 0 Å². The second-order valence-corrected chi connectivity index (χ2v) is 6.02. The van der Waals surface area contributed by atoms with Gasteiger partial charge in [0, 0.05) is 19.8 Å². The summed E-state index contributed by atoms with van der Waals surface area (Å²) in [7, 11) is 1.72. The van der Waals surface area contributed by atoms with Crippen LogP contribution in [0.25, 0.3) is 0 Å². The Hall–Kier alpha value is -0.900. The van der Waals surface area contributed by atoms with E-state index in [4.69, 9.17) is 4.74 Å². The predicted octanol–water partition coefficient (Wildman–Crippen LogP) is 2.76. The first-order valence-electron chi connectivity index (χ1n) is 6.90. The van der Waals surface area contributed by atoms with E-state index >= 15 is 0 Å². The second kappa shape index (κ2) is 7.63. The van der Waals surface area contributed by atoms with Crippen molar-refractivity contribution in [2.75, 3.05) is 20.3 Å². The summed E-state index contributed by atoms with van der Waals surface area (Å²) in [4.78, 5) is 0. The molecule has 0 heterocycles. The number of methoxy groups -OCH3 is 1. The lowest BCUT2D eigenvalue weighted by atomic mass is 9.84. The maximum absolute atomic E-state index is 9.24. The highest BCUT2D eigenvalue weighted by Gasteiger charge is 2.26. The fourth-order valence-corrected chi connectivity index (χ4v) is 2.23. The average molecular weight is 265 g/mol. The van der Waals surface area contributed by atoms with Gasteiger partial charge in [-0.1, -0.05) is 51.1 Å². The Morgan fingerprint density at radius 3 is 2.32 bits per heavy atom. The van der Waals surface area contributed by atoms with Gasteiger partial charge >= 0.3 is 0 Å². The molecule has 108 valence electrons. The Labute approximate surface area is 117 Å². The number of hydrogen-bond acceptors (Lipinski definition) is 3. The predicted molar refractivity (Wildman–Crippen MR) is 79.1 cm³/mol. The van der Waals surface area contributed by atoms with E-state index in [0.717, 1.165) is 6.42 Å². The monoisotopic (exact) mass is 265 g/mol. The second-order valence-electron chi connectivity index (χ2n) is 6.02. The van der Waals surface area contributed by atoms with Crippen molar-refractivity contribution in [2.24, 2.45) is 5.41 Å². The third-order valence-corrected chi connectivity index (χ3v) is 3.40. The molecule has 3 nitrogen and oxygen atoms in total. The first-order valence-corrected chi connectivity index (χ1v) is 6.90. The van der Waals surface area contributed by atoms with E-state index < -0.39 is 0 Å². The molecule has 1 rings (SSSR count). The number of ether oxygens (including phenoxy) is 1. The summed E-state index contributed by atoms with van der Waals surface area (Å²) < 4.78 is 5.33. The molecule has 0 fully saturated rings. The molecule has 1 aromatic rings. The van der Waals surface area contributed by atoms with Crippen LogP contribution in [0.15, 0.2) is 30.3 Å². The maximum Gasteiger partial charge on any atom is 0.0657 e. The van der Waals surface area contributed by atoms with Crippen molar-refractivity contribution in [1.29, 1.82) is 0 Å². The van der Waals surface area contributed by atoms with Crippen LogP contribution in [0.4, 0.5) is 0 Å². The van der Waals surface area contributed by atoms with Crippen molar-refractivity contribution >= 4 is 0 Å². The van der Waals surface area contributed by atoms with Crippen LogP contribution in [0.5, 0.6) is 0 Å². The van der Waals surface area contributed by atoms with Crippen LogP contribution in [0.2, 0.25) is 0 Å². The van der Waals surface area contributed by atoms with Crippen molar-refractivity contribution < 1.29 is 9.84 Å². The van der Waals surface area contributed by atoms with Crippen LogP contribution >= 0.6 is 0 Å². The van der Waals surface area contributed by atoms with Crippen LogP contribution in [-0.2, 0) is 4.74 Å². The standard InChI is InChI=1S/C16H27NO2/c1-16(2,3)15(10-11-18)17-14(12-19-4)13-8-6-5-7-9-13/h5-9,14-15,17-18H,10-12H2,1-4H3. The van der Waals surface area contributed by atoms with E-state index in [1.165, 1.54) is 5.56 Å². The number of aliphatic hydroxyl groups excluding tert-OH is 1. The molecule has 0 bridgehead atoms. The first kappa shape index (κ1) is 16.2. The van der Waals surface area contributed by atoms with Crippen molar-refractivity contribution in [1.82, 2.24) is 5.32 Å². The number of benzene rings is 1. The average Bonchev–Trinajstić information content (AvgIpc) is 2.37. The summed E-state index contributed by atoms with van der Waals surface area (Å²) in [6.07, 6.45) is 0.747. The highest BCUT2D eigenvalue weighted by atomic mass is 16.5. The zero-order valence-electron chi connectivity index (χ0n) is 12.5. The molecule has 0 aromatic heterocycles. The smallest absolute Gasteiger partial charge is 0.0657 e. The summed E-state index contributed by atoms with van der Waals surface area (Å²) in [6, 6.07) is 10.7. The third-order valence-electron chi connectivity index (χ3n) is 3.40. The molecule has 2 atom stereocenters. The van der Waals surface area contributed by atoms with Crippen LogP contribution < -0.4 is 5.32 Å². The van der Waals surface area contributed by atoms with Gasteiger partial charge in [0.05, 0.1) is 12.6 Å². The lowest BCUT2D eigenvalue weighted by molar-refractivity contribution is 0.131. The van der Waals surface area contributed by atoms with Crippen molar-refractivity contribution in [3.8, 4) is 0 Å². The van der Waals surface area contributed by atoms with Gasteiger partial charge < -0.3 is 15.2 Å². The van der Waals surface area contributed by atoms with Crippen molar-refractivity contribution in [2.45, 2.75) is 39.3 Å². The van der Waals surface area contributed by atoms with Gasteiger partial charge in [-0.25, -0.2) is 0 Å². The number of aliphatic hydroxyl groups is 1. The zero-order chi connectivity index (χ0) is 14.3. The largest absolute Gasteiger partial charge is 0.396 e. The third kappa shape index (κ3) is 5.31. The molecule has 0 aliphatic heterocycles. The molecule has 0 radical (unpaired) electrons. The molecule has 0 spiro atoms. The number of nitrogens with one attached hydrogen (secondary N) is 1. The molecule has 0 saturated heterocycles. The van der Waals surface area contributed by atoms with Crippen LogP contribution in [0.3, 0.4) is 0 Å². The fourth-order valence-electron chi connectivity index (χ4n) is 2.23. The number of rotatable bonds is 7. The van der Waals surface area contributed by atoms with E-state index in [2.05, 4.69) is 38.2 Å². The van der Waals surface area contributed by atoms with E-state index in [9.17, 15) is 5.11 Å². The summed E-state index contributed by atoms with van der Waals surface area (Å²) in [5.41, 5.74) is 1.32.